The molecule has 0 saturated carbocycles. The monoisotopic (exact) mass is 393 g/mol. The molecule has 1 N–H and O–H groups in total. The Morgan fingerprint density at radius 3 is 2.07 bits per heavy atom. The standard InChI is InChI=1S/C23H27N3O3/c1-2-18-8-10-20(11-9-18)23(29)26-16-14-25(15-17-26)21(27)12-13-24-22(28)19-6-4-3-5-7-19/h3-11H,2,12-17H2,1H3,(H,24,28). The minimum atomic E-state index is -0.178. The second-order valence-electron chi connectivity index (χ2n) is 7.10. The Balaban J connectivity index is 1.42. The van der Waals surface area contributed by atoms with E-state index in [4.69, 9.17) is 0 Å². The number of carbonyl (C=O) groups excluding carboxylic acids is 3. The van der Waals surface area contributed by atoms with Crippen LogP contribution in [0.15, 0.2) is 54.6 Å². The van der Waals surface area contributed by atoms with Crippen LogP contribution in [0.3, 0.4) is 0 Å². The van der Waals surface area contributed by atoms with Crippen molar-refractivity contribution in [3.8, 4) is 0 Å². The van der Waals surface area contributed by atoms with E-state index in [1.165, 1.54) is 5.56 Å². The normalized spacial score (nSPS) is 13.8. The van der Waals surface area contributed by atoms with Crippen LogP contribution in [-0.2, 0) is 11.2 Å². The average Bonchev–Trinajstić information content (AvgIpc) is 2.79. The van der Waals surface area contributed by atoms with Crippen LogP contribution < -0.4 is 5.32 Å². The van der Waals surface area contributed by atoms with Gasteiger partial charge < -0.3 is 15.1 Å². The molecule has 29 heavy (non-hydrogen) atoms. The summed E-state index contributed by atoms with van der Waals surface area (Å²) >= 11 is 0. The SMILES string of the molecule is CCc1ccc(C(=O)N2CCN(C(=O)CCNC(=O)c3ccccc3)CC2)cc1. The van der Waals surface area contributed by atoms with Gasteiger partial charge in [0.25, 0.3) is 11.8 Å². The lowest BCUT2D eigenvalue weighted by Crippen LogP contribution is -2.51. The Labute approximate surface area is 171 Å². The van der Waals surface area contributed by atoms with Gasteiger partial charge in [0.05, 0.1) is 0 Å². The Kier molecular flexibility index (Phi) is 7.00. The zero-order valence-electron chi connectivity index (χ0n) is 16.8. The first-order chi connectivity index (χ1) is 14.1. The van der Waals surface area contributed by atoms with Crippen LogP contribution in [0, 0.1) is 0 Å². The van der Waals surface area contributed by atoms with Crippen molar-refractivity contribution in [3.05, 3.63) is 71.3 Å². The maximum absolute atomic E-state index is 12.6. The van der Waals surface area contributed by atoms with E-state index in [1.807, 2.05) is 30.3 Å². The van der Waals surface area contributed by atoms with Crippen molar-refractivity contribution in [1.82, 2.24) is 15.1 Å². The second-order valence-corrected chi connectivity index (χ2v) is 7.10. The van der Waals surface area contributed by atoms with Crippen LogP contribution >= 0.6 is 0 Å². The third-order valence-corrected chi connectivity index (χ3v) is 5.19. The number of nitrogens with zero attached hydrogens (tertiary/aromatic N) is 2. The third kappa shape index (κ3) is 5.44. The van der Waals surface area contributed by atoms with Crippen molar-refractivity contribution in [2.24, 2.45) is 0 Å². The predicted molar refractivity (Wildman–Crippen MR) is 112 cm³/mol. The van der Waals surface area contributed by atoms with Crippen LogP contribution in [0.1, 0.15) is 39.6 Å². The van der Waals surface area contributed by atoms with Crippen LogP contribution in [0.4, 0.5) is 0 Å². The molecule has 1 aliphatic rings. The highest BCUT2D eigenvalue weighted by Crippen LogP contribution is 2.11. The Morgan fingerprint density at radius 2 is 1.45 bits per heavy atom. The van der Waals surface area contributed by atoms with Gasteiger partial charge in [-0.1, -0.05) is 37.3 Å². The fourth-order valence-electron chi connectivity index (χ4n) is 3.36. The van der Waals surface area contributed by atoms with Gasteiger partial charge in [0, 0.05) is 50.3 Å². The number of nitrogens with one attached hydrogen (secondary N) is 1. The summed E-state index contributed by atoms with van der Waals surface area (Å²) in [5.74, 6) is -0.171. The molecular formula is C23H27N3O3. The maximum Gasteiger partial charge on any atom is 0.253 e. The molecule has 0 unspecified atom stereocenters. The van der Waals surface area contributed by atoms with Gasteiger partial charge in [-0.05, 0) is 36.2 Å². The van der Waals surface area contributed by atoms with E-state index in [-0.39, 0.29) is 24.1 Å². The highest BCUT2D eigenvalue weighted by molar-refractivity contribution is 5.95. The van der Waals surface area contributed by atoms with Crippen LogP contribution in [0.5, 0.6) is 0 Å². The first kappa shape index (κ1) is 20.6. The van der Waals surface area contributed by atoms with Crippen molar-refractivity contribution in [3.63, 3.8) is 0 Å². The summed E-state index contributed by atoms with van der Waals surface area (Å²) in [6.45, 7) is 4.47. The lowest BCUT2D eigenvalue weighted by molar-refractivity contribution is -0.132. The van der Waals surface area contributed by atoms with Crippen LogP contribution in [-0.4, -0.2) is 60.2 Å². The van der Waals surface area contributed by atoms with Crippen molar-refractivity contribution in [1.29, 1.82) is 0 Å². The molecule has 0 aromatic heterocycles. The first-order valence-electron chi connectivity index (χ1n) is 10.1. The molecule has 6 heteroatoms. The van der Waals surface area contributed by atoms with Crippen LogP contribution in [0.25, 0.3) is 0 Å². The van der Waals surface area contributed by atoms with E-state index < -0.39 is 0 Å². The summed E-state index contributed by atoms with van der Waals surface area (Å²) in [5, 5.41) is 2.78. The van der Waals surface area contributed by atoms with Gasteiger partial charge in [0.1, 0.15) is 0 Å². The largest absolute Gasteiger partial charge is 0.352 e. The van der Waals surface area contributed by atoms with Crippen molar-refractivity contribution in [2.75, 3.05) is 32.7 Å². The molecule has 152 valence electrons. The number of amides is 3. The van der Waals surface area contributed by atoms with Gasteiger partial charge in [-0.25, -0.2) is 0 Å². The quantitative estimate of drug-likeness (QED) is 0.819. The van der Waals surface area contributed by atoms with Gasteiger partial charge in [-0.15, -0.1) is 0 Å². The molecule has 1 heterocycles. The van der Waals surface area contributed by atoms with Crippen LogP contribution in [0.2, 0.25) is 0 Å². The molecule has 6 nitrogen and oxygen atoms in total. The van der Waals surface area contributed by atoms with E-state index >= 15 is 0 Å². The first-order valence-corrected chi connectivity index (χ1v) is 10.1. The number of rotatable bonds is 6. The van der Waals surface area contributed by atoms with Crippen molar-refractivity contribution < 1.29 is 14.4 Å². The summed E-state index contributed by atoms with van der Waals surface area (Å²) in [6.07, 6.45) is 1.20. The van der Waals surface area contributed by atoms with E-state index in [0.29, 0.717) is 43.9 Å². The maximum atomic E-state index is 12.6. The molecule has 0 spiro atoms. The Morgan fingerprint density at radius 1 is 0.828 bits per heavy atom. The van der Waals surface area contributed by atoms with E-state index in [1.54, 1.807) is 34.1 Å². The van der Waals surface area contributed by atoms with Gasteiger partial charge in [0.15, 0.2) is 0 Å². The zero-order valence-corrected chi connectivity index (χ0v) is 16.8. The second kappa shape index (κ2) is 9.87. The Hall–Kier alpha value is -3.15. The molecule has 2 aromatic carbocycles. The third-order valence-electron chi connectivity index (χ3n) is 5.19. The smallest absolute Gasteiger partial charge is 0.253 e. The van der Waals surface area contributed by atoms with E-state index in [9.17, 15) is 14.4 Å². The summed E-state index contributed by atoms with van der Waals surface area (Å²) in [4.78, 5) is 40.6. The number of carbonyl (C=O) groups is 3. The van der Waals surface area contributed by atoms with Gasteiger partial charge >= 0.3 is 0 Å². The van der Waals surface area contributed by atoms with Gasteiger partial charge in [0.2, 0.25) is 5.91 Å². The zero-order chi connectivity index (χ0) is 20.6. The van der Waals surface area contributed by atoms with Crippen molar-refractivity contribution >= 4 is 17.7 Å². The highest BCUT2D eigenvalue weighted by atomic mass is 16.2. The van der Waals surface area contributed by atoms with E-state index in [0.717, 1.165) is 6.42 Å². The van der Waals surface area contributed by atoms with Gasteiger partial charge in [-0.3, -0.25) is 14.4 Å². The molecule has 1 aliphatic heterocycles. The lowest BCUT2D eigenvalue weighted by Gasteiger charge is -2.35. The number of aryl methyl sites for hydroxylation is 1. The molecule has 0 radical (unpaired) electrons. The number of hydrogen-bond donors (Lipinski definition) is 1. The molecule has 0 bridgehead atoms. The molecule has 2 aromatic rings. The number of piperazine rings is 1. The summed E-state index contributed by atoms with van der Waals surface area (Å²) < 4.78 is 0. The summed E-state index contributed by atoms with van der Waals surface area (Å²) in [5.41, 5.74) is 2.47. The fraction of sp³-hybridized carbons (Fsp3) is 0.348. The molecule has 0 aliphatic carbocycles. The molecule has 1 fully saturated rings. The average molecular weight is 393 g/mol. The molecule has 1 saturated heterocycles. The molecule has 0 atom stereocenters. The number of benzene rings is 2. The minimum Gasteiger partial charge on any atom is -0.352 e. The minimum absolute atomic E-state index is 0.00207. The van der Waals surface area contributed by atoms with Gasteiger partial charge in [-0.2, -0.15) is 0 Å². The summed E-state index contributed by atoms with van der Waals surface area (Å²) in [6, 6.07) is 16.6. The molecule has 3 rings (SSSR count). The summed E-state index contributed by atoms with van der Waals surface area (Å²) in [7, 11) is 0. The van der Waals surface area contributed by atoms with Crippen molar-refractivity contribution in [2.45, 2.75) is 19.8 Å². The Bertz CT molecular complexity index is 841. The molecular weight excluding hydrogens is 366 g/mol. The topological polar surface area (TPSA) is 69.7 Å². The van der Waals surface area contributed by atoms with E-state index in [2.05, 4.69) is 12.2 Å². The molecule has 3 amide bonds. The fourth-order valence-corrected chi connectivity index (χ4v) is 3.36. The predicted octanol–water partition coefficient (Wildman–Crippen LogP) is 2.35. The highest BCUT2D eigenvalue weighted by Gasteiger charge is 2.24. The lowest BCUT2D eigenvalue weighted by atomic mass is 10.1. The number of hydrogen-bond acceptors (Lipinski definition) is 3.